The van der Waals surface area contributed by atoms with Gasteiger partial charge >= 0.3 is 10.3 Å². The Balaban J connectivity index is 2.84. The molecule has 0 saturated heterocycles. The summed E-state index contributed by atoms with van der Waals surface area (Å²) in [6.07, 6.45) is 1.29. The summed E-state index contributed by atoms with van der Waals surface area (Å²) in [5.74, 6) is -0.496. The number of methoxy groups -OCH3 is 1. The number of nitrogens with zero attached hydrogens (tertiary/aromatic N) is 1. The number of aromatic nitrogens is 1. The maximum Gasteiger partial charge on any atom is 0.349 e. The molecule has 1 heterocycles. The lowest BCUT2D eigenvalue weighted by Crippen LogP contribution is -2.11. The minimum absolute atomic E-state index is 0.218. The van der Waals surface area contributed by atoms with Gasteiger partial charge in [0.15, 0.2) is 0 Å². The summed E-state index contributed by atoms with van der Waals surface area (Å²) >= 11 is -0.664. The maximum atomic E-state index is 10.9. The lowest BCUT2D eigenvalue weighted by atomic mass is 10.6. The number of hydrogen-bond donors (Lipinski definition) is 1. The van der Waals surface area contributed by atoms with Crippen LogP contribution in [-0.2, 0) is 16.1 Å². The minimum atomic E-state index is -1.63. The van der Waals surface area contributed by atoms with Gasteiger partial charge in [-0.25, -0.2) is 4.79 Å². The van der Waals surface area contributed by atoms with E-state index in [1.165, 1.54) is 13.3 Å². The van der Waals surface area contributed by atoms with E-state index in [0.717, 1.165) is 11.3 Å². The first-order valence-electron chi connectivity index (χ1n) is 2.85. The smallest absolute Gasteiger partial charge is 0.349 e. The molecule has 0 radical (unpaired) electrons. The Morgan fingerprint density at radius 3 is 3.00 bits per heavy atom. The molecule has 1 aromatic heterocycles. The number of hydrogen-bond acceptors (Lipinski definition) is 6. The van der Waals surface area contributed by atoms with Gasteiger partial charge in [-0.15, -0.1) is 5.14 Å². The molecule has 0 aliphatic rings. The fraction of sp³-hybridized carbons (Fsp3) is 0.200. The van der Waals surface area contributed by atoms with Crippen molar-refractivity contribution in [1.29, 1.82) is 0 Å². The van der Waals surface area contributed by atoms with Crippen LogP contribution in [0.4, 0.5) is 0 Å². The Bertz CT molecular complexity index is 286. The molecule has 1 unspecified atom stereocenters. The lowest BCUT2D eigenvalue weighted by molar-refractivity contribution is 0.0606. The molecule has 2 N–H and O–H groups in total. The third kappa shape index (κ3) is 1.95. The molecular formula is C5H6N2O3S2. The summed E-state index contributed by atoms with van der Waals surface area (Å²) < 4.78 is 15.3. The second-order valence-corrected chi connectivity index (χ2v) is 4.05. The predicted octanol–water partition coefficient (Wildman–Crippen LogP) is -0.0890. The third-order valence-electron chi connectivity index (χ3n) is 1.04. The second kappa shape index (κ2) is 3.85. The summed E-state index contributed by atoms with van der Waals surface area (Å²) in [5, 5.41) is 5.04. The monoisotopic (exact) mass is 206 g/mol. The van der Waals surface area contributed by atoms with Crippen LogP contribution in [0.2, 0.25) is 0 Å². The molecule has 0 aliphatic carbocycles. The number of carbonyl (C=O) groups is 1. The first-order chi connectivity index (χ1) is 5.65. The number of nitrogens with two attached hydrogens (primary N) is 1. The van der Waals surface area contributed by atoms with Crippen molar-refractivity contribution in [2.75, 3.05) is 7.11 Å². The zero-order valence-corrected chi connectivity index (χ0v) is 7.78. The van der Waals surface area contributed by atoms with Gasteiger partial charge in [0.25, 0.3) is 0 Å². The van der Waals surface area contributed by atoms with Crippen LogP contribution in [0.25, 0.3) is 0 Å². The SMILES string of the molecule is COC(=O)c1cnc([S+](N)[O-])s1. The molecule has 0 spiro atoms. The van der Waals surface area contributed by atoms with E-state index >= 15 is 0 Å². The molecule has 12 heavy (non-hydrogen) atoms. The van der Waals surface area contributed by atoms with Gasteiger partial charge in [0.2, 0.25) is 0 Å². The van der Waals surface area contributed by atoms with Crippen molar-refractivity contribution < 1.29 is 14.1 Å². The Morgan fingerprint density at radius 2 is 2.58 bits per heavy atom. The van der Waals surface area contributed by atoms with E-state index in [0.29, 0.717) is 4.88 Å². The molecule has 0 fully saturated rings. The molecular weight excluding hydrogens is 200 g/mol. The molecule has 5 nitrogen and oxygen atoms in total. The third-order valence-corrected chi connectivity index (χ3v) is 3.01. The van der Waals surface area contributed by atoms with Gasteiger partial charge in [-0.1, -0.05) is 11.3 Å². The fourth-order valence-electron chi connectivity index (χ4n) is 0.546. The summed E-state index contributed by atoms with van der Waals surface area (Å²) in [6, 6.07) is 0. The summed E-state index contributed by atoms with van der Waals surface area (Å²) in [7, 11) is 1.27. The summed E-state index contributed by atoms with van der Waals surface area (Å²) in [6.45, 7) is 0. The quantitative estimate of drug-likeness (QED) is 0.539. The Labute approximate surface area is 75.9 Å². The predicted molar refractivity (Wildman–Crippen MR) is 44.0 cm³/mol. The van der Waals surface area contributed by atoms with Gasteiger partial charge in [-0.3, -0.25) is 0 Å². The molecule has 0 amide bonds. The fourth-order valence-corrected chi connectivity index (χ4v) is 1.87. The van der Waals surface area contributed by atoms with Crippen LogP contribution >= 0.6 is 11.3 Å². The molecule has 66 valence electrons. The number of carbonyl (C=O) groups excluding carboxylic acids is 1. The first kappa shape index (κ1) is 9.46. The normalized spacial score (nSPS) is 12.6. The second-order valence-electron chi connectivity index (χ2n) is 1.78. The Hall–Kier alpha value is -0.630. The molecule has 1 atom stereocenters. The molecule has 0 aromatic carbocycles. The van der Waals surface area contributed by atoms with Gasteiger partial charge in [0.1, 0.15) is 16.2 Å². The Morgan fingerprint density at radius 1 is 1.92 bits per heavy atom. The topological polar surface area (TPSA) is 88.3 Å². The number of rotatable bonds is 2. The van der Waals surface area contributed by atoms with Crippen molar-refractivity contribution in [2.24, 2.45) is 5.14 Å². The van der Waals surface area contributed by atoms with Crippen LogP contribution in [0.3, 0.4) is 0 Å². The lowest BCUT2D eigenvalue weighted by Gasteiger charge is -1.94. The number of esters is 1. The van der Waals surface area contributed by atoms with Crippen molar-refractivity contribution in [2.45, 2.75) is 4.34 Å². The highest BCUT2D eigenvalue weighted by molar-refractivity contribution is 7.91. The van der Waals surface area contributed by atoms with Crippen LogP contribution in [0.5, 0.6) is 0 Å². The molecule has 0 bridgehead atoms. The van der Waals surface area contributed by atoms with E-state index in [4.69, 9.17) is 5.14 Å². The van der Waals surface area contributed by atoms with E-state index < -0.39 is 17.3 Å². The average Bonchev–Trinajstić information content (AvgIpc) is 2.51. The van der Waals surface area contributed by atoms with E-state index in [-0.39, 0.29) is 4.34 Å². The number of thiazole rings is 1. The van der Waals surface area contributed by atoms with Crippen LogP contribution in [-0.4, -0.2) is 22.6 Å². The van der Waals surface area contributed by atoms with Crippen molar-refractivity contribution in [3.05, 3.63) is 11.1 Å². The minimum Gasteiger partial charge on any atom is -0.591 e. The molecule has 1 rings (SSSR count). The summed E-state index contributed by atoms with van der Waals surface area (Å²) in [4.78, 5) is 14.8. The molecule has 0 aliphatic heterocycles. The van der Waals surface area contributed by atoms with Gasteiger partial charge in [-0.05, 0) is 0 Å². The number of ether oxygens (including phenoxy) is 1. The highest BCUT2D eigenvalue weighted by Gasteiger charge is 2.16. The Kier molecular flexibility index (Phi) is 3.04. The van der Waals surface area contributed by atoms with Crippen LogP contribution < -0.4 is 5.14 Å². The van der Waals surface area contributed by atoms with Crippen molar-refractivity contribution in [3.8, 4) is 0 Å². The standard InChI is InChI=1S/C5H6N2O3S2/c1-10-4(8)3-2-7-5(11-3)12(6)9/h2H,6H2,1H3. The zero-order valence-electron chi connectivity index (χ0n) is 6.14. The van der Waals surface area contributed by atoms with E-state index in [9.17, 15) is 9.35 Å². The van der Waals surface area contributed by atoms with Crippen LogP contribution in [0.1, 0.15) is 9.67 Å². The molecule has 7 heteroatoms. The van der Waals surface area contributed by atoms with Crippen LogP contribution in [0, 0.1) is 0 Å². The largest absolute Gasteiger partial charge is 0.591 e. The van der Waals surface area contributed by atoms with E-state index in [1.54, 1.807) is 0 Å². The molecule has 0 saturated carbocycles. The highest BCUT2D eigenvalue weighted by Crippen LogP contribution is 2.16. The van der Waals surface area contributed by atoms with Gasteiger partial charge in [0.05, 0.1) is 13.3 Å². The van der Waals surface area contributed by atoms with Crippen molar-refractivity contribution >= 4 is 28.7 Å². The van der Waals surface area contributed by atoms with Crippen molar-refractivity contribution in [1.82, 2.24) is 4.98 Å². The zero-order chi connectivity index (χ0) is 9.14. The first-order valence-corrected chi connectivity index (χ1v) is 4.88. The van der Waals surface area contributed by atoms with Crippen molar-refractivity contribution in [3.63, 3.8) is 0 Å². The van der Waals surface area contributed by atoms with E-state index in [2.05, 4.69) is 9.72 Å². The van der Waals surface area contributed by atoms with Crippen LogP contribution in [0.15, 0.2) is 10.5 Å². The average molecular weight is 206 g/mol. The van der Waals surface area contributed by atoms with Gasteiger partial charge < -0.3 is 9.29 Å². The summed E-state index contributed by atoms with van der Waals surface area (Å²) in [5.41, 5.74) is 0. The van der Waals surface area contributed by atoms with Gasteiger partial charge in [-0.2, -0.15) is 4.98 Å². The highest BCUT2D eigenvalue weighted by atomic mass is 32.2. The van der Waals surface area contributed by atoms with Gasteiger partial charge in [0, 0.05) is 0 Å². The molecule has 1 aromatic rings. The van der Waals surface area contributed by atoms with E-state index in [1.807, 2.05) is 0 Å². The maximum absolute atomic E-state index is 10.9.